The molecular formula is C21H13ClN2O3. The molecule has 0 atom stereocenters. The fraction of sp³-hybridized carbons (Fsp3) is 0.0476. The lowest BCUT2D eigenvalue weighted by Crippen LogP contribution is -2.20. The summed E-state index contributed by atoms with van der Waals surface area (Å²) in [5.41, 5.74) is 2.43. The van der Waals surface area contributed by atoms with Crippen LogP contribution in [0.25, 0.3) is 21.9 Å². The van der Waals surface area contributed by atoms with Crippen LogP contribution in [0.4, 0.5) is 5.69 Å². The lowest BCUT2D eigenvalue weighted by atomic mass is 10.1. The molecule has 0 aliphatic carbocycles. The first-order valence-corrected chi connectivity index (χ1v) is 8.55. The van der Waals surface area contributed by atoms with Crippen LogP contribution in [0.15, 0.2) is 65.1 Å². The number of rotatable bonds is 4. The Morgan fingerprint density at radius 3 is 2.70 bits per heavy atom. The summed E-state index contributed by atoms with van der Waals surface area (Å²) in [6.45, 7) is -0.154. The summed E-state index contributed by atoms with van der Waals surface area (Å²) >= 11 is 5.96. The van der Waals surface area contributed by atoms with Gasteiger partial charge in [0.1, 0.15) is 23.0 Å². The van der Waals surface area contributed by atoms with Crippen LogP contribution in [0.3, 0.4) is 0 Å². The van der Waals surface area contributed by atoms with E-state index >= 15 is 0 Å². The number of nitriles is 1. The Labute approximate surface area is 159 Å². The van der Waals surface area contributed by atoms with Crippen LogP contribution in [0, 0.1) is 11.3 Å². The SMILES string of the molecule is N#Cc1ccc(NC(=O)COc2ccc3oc4ccccc4c3c2)cc1Cl. The first-order valence-electron chi connectivity index (χ1n) is 8.17. The topological polar surface area (TPSA) is 75.3 Å². The van der Waals surface area contributed by atoms with Crippen molar-refractivity contribution < 1.29 is 13.9 Å². The summed E-state index contributed by atoms with van der Waals surface area (Å²) < 4.78 is 11.4. The van der Waals surface area contributed by atoms with Crippen LogP contribution in [0.1, 0.15) is 5.56 Å². The molecule has 6 heteroatoms. The third-order valence-electron chi connectivity index (χ3n) is 4.09. The summed E-state index contributed by atoms with van der Waals surface area (Å²) in [6.07, 6.45) is 0. The maximum atomic E-state index is 12.1. The van der Waals surface area contributed by atoms with Gasteiger partial charge in [-0.1, -0.05) is 29.8 Å². The van der Waals surface area contributed by atoms with E-state index in [4.69, 9.17) is 26.0 Å². The number of carbonyl (C=O) groups is 1. The molecular weight excluding hydrogens is 364 g/mol. The number of furan rings is 1. The zero-order valence-corrected chi connectivity index (χ0v) is 14.8. The molecule has 0 radical (unpaired) electrons. The summed E-state index contributed by atoms with van der Waals surface area (Å²) in [7, 11) is 0. The van der Waals surface area contributed by atoms with Gasteiger partial charge < -0.3 is 14.5 Å². The number of anilines is 1. The number of para-hydroxylation sites is 1. The van der Waals surface area contributed by atoms with Crippen LogP contribution >= 0.6 is 11.6 Å². The lowest BCUT2D eigenvalue weighted by Gasteiger charge is -2.08. The van der Waals surface area contributed by atoms with Gasteiger partial charge in [0.15, 0.2) is 6.61 Å². The van der Waals surface area contributed by atoms with Crippen LogP contribution in [-0.2, 0) is 4.79 Å². The van der Waals surface area contributed by atoms with E-state index < -0.39 is 0 Å². The van der Waals surface area contributed by atoms with Crippen molar-refractivity contribution in [3.05, 3.63) is 71.2 Å². The zero-order valence-electron chi connectivity index (χ0n) is 14.0. The molecule has 1 heterocycles. The van der Waals surface area contributed by atoms with E-state index in [0.717, 1.165) is 21.9 Å². The highest BCUT2D eigenvalue weighted by Crippen LogP contribution is 2.31. The smallest absolute Gasteiger partial charge is 0.262 e. The average molecular weight is 377 g/mol. The van der Waals surface area contributed by atoms with Gasteiger partial charge in [0.05, 0.1) is 10.6 Å². The number of hydrogen-bond donors (Lipinski definition) is 1. The van der Waals surface area contributed by atoms with E-state index in [0.29, 0.717) is 17.0 Å². The van der Waals surface area contributed by atoms with Gasteiger partial charge in [-0.3, -0.25) is 4.79 Å². The van der Waals surface area contributed by atoms with Gasteiger partial charge >= 0.3 is 0 Å². The minimum atomic E-state index is -0.326. The van der Waals surface area contributed by atoms with Crippen molar-refractivity contribution in [3.63, 3.8) is 0 Å². The molecule has 5 nitrogen and oxygen atoms in total. The highest BCUT2D eigenvalue weighted by atomic mass is 35.5. The number of ether oxygens (including phenoxy) is 1. The molecule has 0 saturated heterocycles. The second kappa shape index (κ2) is 7.02. The van der Waals surface area contributed by atoms with Crippen LogP contribution in [0.5, 0.6) is 5.75 Å². The van der Waals surface area contributed by atoms with Gasteiger partial charge in [-0.05, 0) is 42.5 Å². The molecule has 4 aromatic rings. The van der Waals surface area contributed by atoms with E-state index in [1.165, 1.54) is 6.07 Å². The van der Waals surface area contributed by atoms with Crippen molar-refractivity contribution in [2.75, 3.05) is 11.9 Å². The van der Waals surface area contributed by atoms with Crippen molar-refractivity contribution in [1.29, 1.82) is 5.26 Å². The predicted octanol–water partition coefficient (Wildman–Crippen LogP) is 5.13. The number of benzene rings is 3. The maximum absolute atomic E-state index is 12.1. The standard InChI is InChI=1S/C21H13ClN2O3/c22-18-9-14(6-5-13(18)11-23)24-21(25)12-26-15-7-8-20-17(10-15)16-3-1-2-4-19(16)27-20/h1-10H,12H2,(H,24,25). The molecule has 1 N–H and O–H groups in total. The Hall–Kier alpha value is -3.49. The van der Waals surface area contributed by atoms with Gasteiger partial charge in [0, 0.05) is 16.5 Å². The zero-order chi connectivity index (χ0) is 18.8. The number of fused-ring (bicyclic) bond motifs is 3. The minimum Gasteiger partial charge on any atom is -0.484 e. The van der Waals surface area contributed by atoms with Crippen molar-refractivity contribution in [3.8, 4) is 11.8 Å². The second-order valence-corrected chi connectivity index (χ2v) is 6.31. The molecule has 0 spiro atoms. The predicted molar refractivity (Wildman–Crippen MR) is 104 cm³/mol. The fourth-order valence-electron chi connectivity index (χ4n) is 2.82. The third kappa shape index (κ3) is 3.43. The number of nitrogens with zero attached hydrogens (tertiary/aromatic N) is 1. The van der Waals surface area contributed by atoms with Crippen molar-refractivity contribution in [2.45, 2.75) is 0 Å². The molecule has 0 unspecified atom stereocenters. The quantitative estimate of drug-likeness (QED) is 0.535. The molecule has 132 valence electrons. The molecule has 1 aromatic heterocycles. The number of carbonyl (C=O) groups excluding carboxylic acids is 1. The van der Waals surface area contributed by atoms with E-state index in [9.17, 15) is 4.79 Å². The Bertz CT molecular complexity index is 1210. The van der Waals surface area contributed by atoms with Crippen LogP contribution in [-0.4, -0.2) is 12.5 Å². The highest BCUT2D eigenvalue weighted by Gasteiger charge is 2.09. The fourth-order valence-corrected chi connectivity index (χ4v) is 3.05. The summed E-state index contributed by atoms with van der Waals surface area (Å²) in [5.74, 6) is 0.245. The molecule has 0 fully saturated rings. The van der Waals surface area contributed by atoms with Crippen molar-refractivity contribution in [1.82, 2.24) is 0 Å². The summed E-state index contributed by atoms with van der Waals surface area (Å²) in [4.78, 5) is 12.1. The van der Waals surface area contributed by atoms with Gasteiger partial charge in [-0.2, -0.15) is 5.26 Å². The maximum Gasteiger partial charge on any atom is 0.262 e. The van der Waals surface area contributed by atoms with Gasteiger partial charge in [0.2, 0.25) is 0 Å². The van der Waals surface area contributed by atoms with Crippen LogP contribution in [0.2, 0.25) is 5.02 Å². The normalized spacial score (nSPS) is 10.7. The largest absolute Gasteiger partial charge is 0.484 e. The Morgan fingerprint density at radius 2 is 1.89 bits per heavy atom. The van der Waals surface area contributed by atoms with E-state index in [1.54, 1.807) is 18.2 Å². The average Bonchev–Trinajstić information content (AvgIpc) is 3.04. The number of hydrogen-bond acceptors (Lipinski definition) is 4. The number of amides is 1. The van der Waals surface area contributed by atoms with E-state index in [-0.39, 0.29) is 17.5 Å². The monoisotopic (exact) mass is 376 g/mol. The first-order chi connectivity index (χ1) is 13.1. The molecule has 27 heavy (non-hydrogen) atoms. The summed E-state index contributed by atoms with van der Waals surface area (Å²) in [5, 5.41) is 13.8. The van der Waals surface area contributed by atoms with Gasteiger partial charge in [0.25, 0.3) is 5.91 Å². The number of halogens is 1. The van der Waals surface area contributed by atoms with E-state index in [1.807, 2.05) is 42.5 Å². The Morgan fingerprint density at radius 1 is 1.07 bits per heavy atom. The van der Waals surface area contributed by atoms with Gasteiger partial charge in [-0.15, -0.1) is 0 Å². The molecule has 0 bridgehead atoms. The number of nitrogens with one attached hydrogen (secondary N) is 1. The van der Waals surface area contributed by atoms with E-state index in [2.05, 4.69) is 5.32 Å². The Kier molecular flexibility index (Phi) is 4.41. The second-order valence-electron chi connectivity index (χ2n) is 5.90. The first kappa shape index (κ1) is 17.0. The molecule has 3 aromatic carbocycles. The molecule has 0 aliphatic rings. The third-order valence-corrected chi connectivity index (χ3v) is 4.40. The minimum absolute atomic E-state index is 0.154. The molecule has 4 rings (SSSR count). The molecule has 1 amide bonds. The lowest BCUT2D eigenvalue weighted by molar-refractivity contribution is -0.118. The van der Waals surface area contributed by atoms with Crippen molar-refractivity contribution >= 4 is 45.1 Å². The Balaban J connectivity index is 1.46. The summed E-state index contributed by atoms with van der Waals surface area (Å²) in [6, 6.07) is 19.9. The van der Waals surface area contributed by atoms with Crippen LogP contribution < -0.4 is 10.1 Å². The molecule has 0 aliphatic heterocycles. The van der Waals surface area contributed by atoms with Crippen molar-refractivity contribution in [2.24, 2.45) is 0 Å². The molecule has 0 saturated carbocycles. The highest BCUT2D eigenvalue weighted by molar-refractivity contribution is 6.32. The van der Waals surface area contributed by atoms with Gasteiger partial charge in [-0.25, -0.2) is 0 Å².